The molecule has 0 atom stereocenters. The first-order valence-electron chi connectivity index (χ1n) is 11.5. The second-order valence-electron chi connectivity index (χ2n) is 8.64. The van der Waals surface area contributed by atoms with Gasteiger partial charge < -0.3 is 18.9 Å². The maximum atomic E-state index is 13.8. The van der Waals surface area contributed by atoms with E-state index in [1.807, 2.05) is 24.2 Å². The first-order valence-corrected chi connectivity index (χ1v) is 11.5. The SMILES string of the molecule is COc1cc(OC)cc(C(=O)N(Cc2cccn2C)C2CCN(Cc3ccccc3)CC2)c1. The van der Waals surface area contributed by atoms with E-state index in [4.69, 9.17) is 9.47 Å². The van der Waals surface area contributed by atoms with Crippen LogP contribution < -0.4 is 9.47 Å². The van der Waals surface area contributed by atoms with Gasteiger partial charge in [-0.25, -0.2) is 0 Å². The molecule has 2 aromatic carbocycles. The lowest BCUT2D eigenvalue weighted by molar-refractivity contribution is 0.0536. The van der Waals surface area contributed by atoms with Gasteiger partial charge in [0.15, 0.2) is 0 Å². The minimum atomic E-state index is 0.00918. The number of benzene rings is 2. The van der Waals surface area contributed by atoms with Gasteiger partial charge in [0.1, 0.15) is 11.5 Å². The summed E-state index contributed by atoms with van der Waals surface area (Å²) < 4.78 is 12.9. The topological polar surface area (TPSA) is 46.9 Å². The monoisotopic (exact) mass is 447 g/mol. The Kier molecular flexibility index (Phi) is 7.35. The van der Waals surface area contributed by atoms with E-state index in [1.54, 1.807) is 32.4 Å². The molecular weight excluding hydrogens is 414 g/mol. The molecule has 1 fully saturated rings. The molecule has 3 aromatic rings. The summed E-state index contributed by atoms with van der Waals surface area (Å²) in [6, 6.07) is 20.2. The summed E-state index contributed by atoms with van der Waals surface area (Å²) in [5, 5.41) is 0. The van der Waals surface area contributed by atoms with E-state index in [0.29, 0.717) is 23.6 Å². The Morgan fingerprint density at radius 2 is 1.64 bits per heavy atom. The lowest BCUT2D eigenvalue weighted by Crippen LogP contribution is -2.47. The molecule has 0 spiro atoms. The van der Waals surface area contributed by atoms with Crippen LogP contribution in [0.4, 0.5) is 0 Å². The second kappa shape index (κ2) is 10.6. The molecule has 0 bridgehead atoms. The van der Waals surface area contributed by atoms with E-state index < -0.39 is 0 Å². The molecule has 2 heterocycles. The van der Waals surface area contributed by atoms with Gasteiger partial charge >= 0.3 is 0 Å². The average Bonchev–Trinajstić information content (AvgIpc) is 3.27. The van der Waals surface area contributed by atoms with Gasteiger partial charge in [-0.2, -0.15) is 0 Å². The minimum absolute atomic E-state index is 0.00918. The summed E-state index contributed by atoms with van der Waals surface area (Å²) in [5.41, 5.74) is 3.04. The zero-order valence-corrected chi connectivity index (χ0v) is 19.7. The van der Waals surface area contributed by atoms with Gasteiger partial charge in [-0.3, -0.25) is 9.69 Å². The number of aryl methyl sites for hydroxylation is 1. The third kappa shape index (κ3) is 5.57. The molecule has 0 unspecified atom stereocenters. The zero-order chi connectivity index (χ0) is 23.2. The first kappa shape index (κ1) is 22.9. The third-order valence-electron chi connectivity index (χ3n) is 6.49. The van der Waals surface area contributed by atoms with Crippen molar-refractivity contribution in [3.8, 4) is 11.5 Å². The van der Waals surface area contributed by atoms with Crippen LogP contribution in [0, 0.1) is 0 Å². The van der Waals surface area contributed by atoms with Crippen molar-refractivity contribution in [1.29, 1.82) is 0 Å². The largest absolute Gasteiger partial charge is 0.497 e. The number of carbonyl (C=O) groups excluding carboxylic acids is 1. The Hall–Kier alpha value is -3.25. The predicted molar refractivity (Wildman–Crippen MR) is 130 cm³/mol. The van der Waals surface area contributed by atoms with Crippen molar-refractivity contribution in [1.82, 2.24) is 14.4 Å². The summed E-state index contributed by atoms with van der Waals surface area (Å²) in [4.78, 5) is 18.3. The van der Waals surface area contributed by atoms with Crippen molar-refractivity contribution in [3.05, 3.63) is 83.7 Å². The average molecular weight is 448 g/mol. The molecule has 1 saturated heterocycles. The van der Waals surface area contributed by atoms with Crippen LogP contribution in [0.25, 0.3) is 0 Å². The van der Waals surface area contributed by atoms with E-state index in [2.05, 4.69) is 45.9 Å². The first-order chi connectivity index (χ1) is 16.1. The van der Waals surface area contributed by atoms with Crippen molar-refractivity contribution in [2.45, 2.75) is 32.0 Å². The lowest BCUT2D eigenvalue weighted by Gasteiger charge is -2.39. The molecule has 174 valence electrons. The Morgan fingerprint density at radius 1 is 0.970 bits per heavy atom. The number of aromatic nitrogens is 1. The summed E-state index contributed by atoms with van der Waals surface area (Å²) in [6.07, 6.45) is 3.92. The van der Waals surface area contributed by atoms with Gasteiger partial charge in [0.2, 0.25) is 0 Å². The van der Waals surface area contributed by atoms with Crippen LogP contribution in [0.5, 0.6) is 11.5 Å². The maximum absolute atomic E-state index is 13.8. The van der Waals surface area contributed by atoms with Crippen LogP contribution in [0.15, 0.2) is 66.9 Å². The number of piperidine rings is 1. The standard InChI is InChI=1S/C27H33N3O3/c1-28-13-7-10-24(28)20-30(27(31)22-16-25(32-2)18-26(17-22)33-3)23-11-14-29(15-12-23)19-21-8-5-4-6-9-21/h4-10,13,16-18,23H,11-12,14-15,19-20H2,1-3H3. The van der Waals surface area contributed by atoms with E-state index >= 15 is 0 Å². The molecule has 4 rings (SSSR count). The van der Waals surface area contributed by atoms with E-state index in [-0.39, 0.29) is 11.9 Å². The highest BCUT2D eigenvalue weighted by molar-refractivity contribution is 5.95. The lowest BCUT2D eigenvalue weighted by atomic mass is 10.0. The number of nitrogens with zero attached hydrogens (tertiary/aromatic N) is 3. The number of carbonyl (C=O) groups is 1. The molecule has 6 heteroatoms. The normalized spacial score (nSPS) is 14.8. The molecule has 1 aromatic heterocycles. The molecule has 33 heavy (non-hydrogen) atoms. The van der Waals surface area contributed by atoms with Crippen molar-refractivity contribution in [2.24, 2.45) is 7.05 Å². The number of ether oxygens (including phenoxy) is 2. The van der Waals surface area contributed by atoms with Gasteiger partial charge in [-0.1, -0.05) is 30.3 Å². The molecule has 1 aliphatic heterocycles. The van der Waals surface area contributed by atoms with Crippen molar-refractivity contribution < 1.29 is 14.3 Å². The summed E-state index contributed by atoms with van der Waals surface area (Å²) in [7, 11) is 5.23. The quantitative estimate of drug-likeness (QED) is 0.515. The zero-order valence-electron chi connectivity index (χ0n) is 19.7. The van der Waals surface area contributed by atoms with Crippen LogP contribution in [-0.4, -0.2) is 53.6 Å². The Labute approximate surface area is 196 Å². The smallest absolute Gasteiger partial charge is 0.254 e. The van der Waals surface area contributed by atoms with Crippen molar-refractivity contribution in [3.63, 3.8) is 0 Å². The van der Waals surface area contributed by atoms with Crippen LogP contribution in [0.3, 0.4) is 0 Å². The van der Waals surface area contributed by atoms with E-state index in [9.17, 15) is 4.79 Å². The summed E-state index contributed by atoms with van der Waals surface area (Å²) in [6.45, 7) is 3.47. The number of rotatable bonds is 8. The number of hydrogen-bond acceptors (Lipinski definition) is 4. The number of amides is 1. The fourth-order valence-corrected chi connectivity index (χ4v) is 4.53. The van der Waals surface area contributed by atoms with Gasteiger partial charge in [0.05, 0.1) is 20.8 Å². The fourth-order valence-electron chi connectivity index (χ4n) is 4.53. The number of methoxy groups -OCH3 is 2. The van der Waals surface area contributed by atoms with Crippen LogP contribution >= 0.6 is 0 Å². The molecule has 0 radical (unpaired) electrons. The Bertz CT molecular complexity index is 1030. The minimum Gasteiger partial charge on any atom is -0.497 e. The van der Waals surface area contributed by atoms with Crippen LogP contribution in [0.2, 0.25) is 0 Å². The van der Waals surface area contributed by atoms with E-state index in [1.165, 1.54) is 5.56 Å². The molecule has 0 aliphatic carbocycles. The number of likely N-dealkylation sites (tertiary alicyclic amines) is 1. The highest BCUT2D eigenvalue weighted by atomic mass is 16.5. The van der Waals surface area contributed by atoms with Gasteiger partial charge in [-0.05, 0) is 42.7 Å². The highest BCUT2D eigenvalue weighted by Gasteiger charge is 2.30. The third-order valence-corrected chi connectivity index (χ3v) is 6.49. The number of hydrogen-bond donors (Lipinski definition) is 0. The Morgan fingerprint density at radius 3 is 2.21 bits per heavy atom. The van der Waals surface area contributed by atoms with Gasteiger partial charge in [0, 0.05) is 56.2 Å². The van der Waals surface area contributed by atoms with Crippen LogP contribution in [-0.2, 0) is 20.1 Å². The molecule has 0 N–H and O–H groups in total. The molecular formula is C27H33N3O3. The predicted octanol–water partition coefficient (Wildman–Crippen LogP) is 4.35. The van der Waals surface area contributed by atoms with E-state index in [0.717, 1.165) is 38.2 Å². The molecule has 1 amide bonds. The fraction of sp³-hybridized carbons (Fsp3) is 0.370. The Balaban J connectivity index is 1.53. The molecule has 1 aliphatic rings. The molecule has 0 saturated carbocycles. The van der Waals surface area contributed by atoms with Crippen molar-refractivity contribution in [2.75, 3.05) is 27.3 Å². The van der Waals surface area contributed by atoms with Crippen molar-refractivity contribution >= 4 is 5.91 Å². The highest BCUT2D eigenvalue weighted by Crippen LogP contribution is 2.27. The maximum Gasteiger partial charge on any atom is 0.254 e. The summed E-state index contributed by atoms with van der Waals surface area (Å²) in [5.74, 6) is 1.25. The summed E-state index contributed by atoms with van der Waals surface area (Å²) >= 11 is 0. The van der Waals surface area contributed by atoms with Gasteiger partial charge in [0.25, 0.3) is 5.91 Å². The second-order valence-corrected chi connectivity index (χ2v) is 8.64. The van der Waals surface area contributed by atoms with Gasteiger partial charge in [-0.15, -0.1) is 0 Å². The molecule has 6 nitrogen and oxygen atoms in total. The van der Waals surface area contributed by atoms with Crippen LogP contribution in [0.1, 0.15) is 34.5 Å².